The van der Waals surface area contributed by atoms with Gasteiger partial charge >= 0.3 is 5.91 Å². The van der Waals surface area contributed by atoms with E-state index in [0.29, 0.717) is 5.58 Å². The molecular weight excluding hydrogens is 256 g/mol. The Morgan fingerprint density at radius 1 is 1.20 bits per heavy atom. The number of hydrazine groups is 1. The summed E-state index contributed by atoms with van der Waals surface area (Å²) in [6.07, 6.45) is 2.87. The lowest BCUT2D eigenvalue weighted by molar-refractivity contribution is -0.128. The van der Waals surface area contributed by atoms with Crippen LogP contribution in [0.1, 0.15) is 35.4 Å². The quantitative estimate of drug-likeness (QED) is 0.824. The van der Waals surface area contributed by atoms with Crippen molar-refractivity contribution in [3.05, 3.63) is 35.6 Å². The minimum Gasteiger partial charge on any atom is -0.451 e. The van der Waals surface area contributed by atoms with E-state index in [9.17, 15) is 9.59 Å². The van der Waals surface area contributed by atoms with Gasteiger partial charge in [-0.3, -0.25) is 20.4 Å². The van der Waals surface area contributed by atoms with Crippen molar-refractivity contribution in [2.45, 2.75) is 26.2 Å². The second-order valence-corrected chi connectivity index (χ2v) is 5.12. The van der Waals surface area contributed by atoms with Gasteiger partial charge in [-0.05, 0) is 25.8 Å². The van der Waals surface area contributed by atoms with Crippen LogP contribution in [0.15, 0.2) is 28.7 Å². The number of para-hydroxylation sites is 1. The molecular formula is C15H16N2O3. The zero-order valence-electron chi connectivity index (χ0n) is 11.2. The molecule has 0 saturated heterocycles. The summed E-state index contributed by atoms with van der Waals surface area (Å²) >= 11 is 0. The number of carbonyl (C=O) groups excluding carboxylic acids is 2. The van der Waals surface area contributed by atoms with Crippen molar-refractivity contribution in [3.63, 3.8) is 0 Å². The molecule has 104 valence electrons. The first-order valence-electron chi connectivity index (χ1n) is 6.75. The van der Waals surface area contributed by atoms with E-state index in [1.165, 1.54) is 0 Å². The Kier molecular flexibility index (Phi) is 3.18. The van der Waals surface area contributed by atoms with Crippen molar-refractivity contribution in [3.8, 4) is 0 Å². The van der Waals surface area contributed by atoms with Crippen molar-refractivity contribution in [2.24, 2.45) is 5.92 Å². The number of nitrogens with one attached hydrogen (secondary N) is 2. The number of rotatable bonds is 2. The van der Waals surface area contributed by atoms with E-state index in [4.69, 9.17) is 4.42 Å². The zero-order chi connectivity index (χ0) is 14.1. The SMILES string of the molecule is Cc1c(C(=O)NNC(=O)C2CCC2)oc2ccccc12. The van der Waals surface area contributed by atoms with Gasteiger partial charge in [0, 0.05) is 16.9 Å². The van der Waals surface area contributed by atoms with Crippen LogP contribution in [0, 0.1) is 12.8 Å². The molecule has 0 atom stereocenters. The molecule has 2 aromatic rings. The zero-order valence-corrected chi connectivity index (χ0v) is 11.2. The molecule has 1 aromatic carbocycles. The molecule has 1 fully saturated rings. The van der Waals surface area contributed by atoms with E-state index in [2.05, 4.69) is 10.9 Å². The smallest absolute Gasteiger partial charge is 0.305 e. The summed E-state index contributed by atoms with van der Waals surface area (Å²) in [5.41, 5.74) is 6.31. The average Bonchev–Trinajstić information content (AvgIpc) is 2.72. The van der Waals surface area contributed by atoms with Crippen molar-refractivity contribution < 1.29 is 14.0 Å². The lowest BCUT2D eigenvalue weighted by atomic mass is 9.85. The molecule has 1 aliphatic rings. The van der Waals surface area contributed by atoms with Gasteiger partial charge in [0.1, 0.15) is 5.58 Å². The molecule has 1 aromatic heterocycles. The van der Waals surface area contributed by atoms with Gasteiger partial charge in [-0.15, -0.1) is 0 Å². The van der Waals surface area contributed by atoms with E-state index in [0.717, 1.165) is 30.2 Å². The van der Waals surface area contributed by atoms with Crippen LogP contribution in [0.3, 0.4) is 0 Å². The number of furan rings is 1. The number of benzene rings is 1. The highest BCUT2D eigenvalue weighted by Crippen LogP contribution is 2.26. The van der Waals surface area contributed by atoms with Crippen LogP contribution in [0.4, 0.5) is 0 Å². The second kappa shape index (κ2) is 5.00. The Morgan fingerprint density at radius 2 is 1.95 bits per heavy atom. The monoisotopic (exact) mass is 272 g/mol. The summed E-state index contributed by atoms with van der Waals surface area (Å²) in [5.74, 6) is -0.281. The van der Waals surface area contributed by atoms with Gasteiger partial charge < -0.3 is 4.42 Å². The third-order valence-electron chi connectivity index (χ3n) is 3.83. The van der Waals surface area contributed by atoms with Gasteiger partial charge in [-0.1, -0.05) is 24.6 Å². The summed E-state index contributed by atoms with van der Waals surface area (Å²) in [6, 6.07) is 7.46. The van der Waals surface area contributed by atoms with Crippen LogP contribution in [0.2, 0.25) is 0 Å². The molecule has 2 amide bonds. The molecule has 20 heavy (non-hydrogen) atoms. The van der Waals surface area contributed by atoms with Crippen LogP contribution in [0.25, 0.3) is 11.0 Å². The normalized spacial score (nSPS) is 14.8. The summed E-state index contributed by atoms with van der Waals surface area (Å²) in [6.45, 7) is 1.83. The summed E-state index contributed by atoms with van der Waals surface area (Å²) in [5, 5.41) is 0.906. The van der Waals surface area contributed by atoms with E-state index < -0.39 is 5.91 Å². The largest absolute Gasteiger partial charge is 0.451 e. The molecule has 2 N–H and O–H groups in total. The van der Waals surface area contributed by atoms with Crippen LogP contribution in [-0.4, -0.2) is 11.8 Å². The van der Waals surface area contributed by atoms with Crippen LogP contribution in [-0.2, 0) is 4.79 Å². The third-order valence-corrected chi connectivity index (χ3v) is 3.83. The Hall–Kier alpha value is -2.30. The van der Waals surface area contributed by atoms with Gasteiger partial charge in [0.05, 0.1) is 0 Å². The highest BCUT2D eigenvalue weighted by Gasteiger charge is 2.26. The topological polar surface area (TPSA) is 71.3 Å². The van der Waals surface area contributed by atoms with E-state index in [1.54, 1.807) is 0 Å². The predicted molar refractivity (Wildman–Crippen MR) is 73.9 cm³/mol. The lowest BCUT2D eigenvalue weighted by Crippen LogP contribution is -2.46. The van der Waals surface area contributed by atoms with Crippen molar-refractivity contribution in [2.75, 3.05) is 0 Å². The first kappa shape index (κ1) is 12.7. The van der Waals surface area contributed by atoms with E-state index >= 15 is 0 Å². The Labute approximate surface area is 116 Å². The van der Waals surface area contributed by atoms with Gasteiger partial charge in [0.15, 0.2) is 5.76 Å². The maximum absolute atomic E-state index is 12.0. The Morgan fingerprint density at radius 3 is 2.60 bits per heavy atom. The molecule has 3 rings (SSSR count). The molecule has 1 aliphatic carbocycles. The Balaban J connectivity index is 1.72. The fourth-order valence-electron chi connectivity index (χ4n) is 2.34. The highest BCUT2D eigenvalue weighted by atomic mass is 16.3. The molecule has 1 heterocycles. The summed E-state index contributed by atoms with van der Waals surface area (Å²) in [7, 11) is 0. The number of hydrogen-bond donors (Lipinski definition) is 2. The van der Waals surface area contributed by atoms with Gasteiger partial charge in [-0.2, -0.15) is 0 Å². The highest BCUT2D eigenvalue weighted by molar-refractivity contribution is 5.99. The fraction of sp³-hybridized carbons (Fsp3) is 0.333. The van der Waals surface area contributed by atoms with Crippen molar-refractivity contribution >= 4 is 22.8 Å². The molecule has 0 unspecified atom stereocenters. The lowest BCUT2D eigenvalue weighted by Gasteiger charge is -2.23. The summed E-state index contributed by atoms with van der Waals surface area (Å²) in [4.78, 5) is 23.7. The minimum absolute atomic E-state index is 0.0343. The van der Waals surface area contributed by atoms with Crippen LogP contribution < -0.4 is 10.9 Å². The molecule has 0 spiro atoms. The summed E-state index contributed by atoms with van der Waals surface area (Å²) < 4.78 is 5.53. The molecule has 0 radical (unpaired) electrons. The van der Waals surface area contributed by atoms with Crippen molar-refractivity contribution in [1.82, 2.24) is 10.9 Å². The second-order valence-electron chi connectivity index (χ2n) is 5.12. The first-order chi connectivity index (χ1) is 9.66. The first-order valence-corrected chi connectivity index (χ1v) is 6.75. The molecule has 5 heteroatoms. The van der Waals surface area contributed by atoms with Crippen LogP contribution in [0.5, 0.6) is 0 Å². The maximum Gasteiger partial charge on any atom is 0.305 e. The van der Waals surface area contributed by atoms with Crippen molar-refractivity contribution in [1.29, 1.82) is 0 Å². The predicted octanol–water partition coefficient (Wildman–Crippen LogP) is 2.30. The van der Waals surface area contributed by atoms with Gasteiger partial charge in [-0.25, -0.2) is 0 Å². The molecule has 5 nitrogen and oxygen atoms in total. The van der Waals surface area contributed by atoms with E-state index in [-0.39, 0.29) is 17.6 Å². The van der Waals surface area contributed by atoms with Gasteiger partial charge in [0.2, 0.25) is 5.91 Å². The van der Waals surface area contributed by atoms with Crippen LogP contribution >= 0.6 is 0 Å². The number of fused-ring (bicyclic) bond motifs is 1. The van der Waals surface area contributed by atoms with Gasteiger partial charge in [0.25, 0.3) is 0 Å². The maximum atomic E-state index is 12.0. The van der Waals surface area contributed by atoms with E-state index in [1.807, 2.05) is 31.2 Å². The number of hydrogen-bond acceptors (Lipinski definition) is 3. The number of aryl methyl sites for hydroxylation is 1. The standard InChI is InChI=1S/C15H16N2O3/c1-9-11-7-2-3-8-12(11)20-13(9)15(19)17-16-14(18)10-5-4-6-10/h2-3,7-8,10H,4-6H2,1H3,(H,16,18)(H,17,19). The fourth-order valence-corrected chi connectivity index (χ4v) is 2.34. The average molecular weight is 272 g/mol. The number of amides is 2. The number of carbonyl (C=O) groups is 2. The minimum atomic E-state index is -0.425. The molecule has 1 saturated carbocycles. The Bertz CT molecular complexity index is 671. The molecule has 0 aliphatic heterocycles. The molecule has 0 bridgehead atoms. The third kappa shape index (κ3) is 2.15.